The number of carbonyl (C=O) groups excluding carboxylic acids is 3. The standard InChI is InChI=1S/C35H46N4O5/c1-4-38(34(43)31-27(21-28(41)22-40)18-12-19-29(31)26-16-9-6-10-17-26)23-39(35(44)32(37)24(2)3)33(42)30(36)20-11-15-25-13-7-5-8-14-25/h5-10,12-14,16-19,24,28,30,32,40-41H,4,11,15,20-23,36-37H2,1-3H3/t28-,30?,32?/m0/s1. The molecule has 0 aliphatic rings. The highest BCUT2D eigenvalue weighted by Crippen LogP contribution is 2.29. The average molecular weight is 603 g/mol. The molecule has 6 N–H and O–H groups in total. The van der Waals surface area contributed by atoms with E-state index in [4.69, 9.17) is 11.5 Å². The van der Waals surface area contributed by atoms with E-state index in [0.717, 1.165) is 22.4 Å². The van der Waals surface area contributed by atoms with Crippen LogP contribution in [0.25, 0.3) is 11.1 Å². The monoisotopic (exact) mass is 602 g/mol. The lowest BCUT2D eigenvalue weighted by atomic mass is 9.92. The molecular formula is C35H46N4O5. The smallest absolute Gasteiger partial charge is 0.256 e. The van der Waals surface area contributed by atoms with Crippen LogP contribution in [0.4, 0.5) is 0 Å². The van der Waals surface area contributed by atoms with Gasteiger partial charge >= 0.3 is 0 Å². The number of carbonyl (C=O) groups is 3. The van der Waals surface area contributed by atoms with Gasteiger partial charge in [0.2, 0.25) is 11.8 Å². The maximum absolute atomic E-state index is 14.3. The third kappa shape index (κ3) is 9.06. The van der Waals surface area contributed by atoms with Crippen molar-refractivity contribution in [2.45, 2.75) is 64.6 Å². The summed E-state index contributed by atoms with van der Waals surface area (Å²) in [5, 5.41) is 19.8. The van der Waals surface area contributed by atoms with Crippen LogP contribution in [0.3, 0.4) is 0 Å². The van der Waals surface area contributed by atoms with Crippen LogP contribution in [0.2, 0.25) is 0 Å². The molecule has 9 nitrogen and oxygen atoms in total. The van der Waals surface area contributed by atoms with E-state index in [1.165, 1.54) is 4.90 Å². The van der Waals surface area contributed by atoms with Crippen molar-refractivity contribution in [3.63, 3.8) is 0 Å². The van der Waals surface area contributed by atoms with Crippen LogP contribution in [0.15, 0.2) is 78.9 Å². The van der Waals surface area contributed by atoms with E-state index >= 15 is 0 Å². The topological polar surface area (TPSA) is 150 Å². The van der Waals surface area contributed by atoms with Gasteiger partial charge < -0.3 is 26.6 Å². The number of benzene rings is 3. The Morgan fingerprint density at radius 2 is 1.50 bits per heavy atom. The van der Waals surface area contributed by atoms with Crippen molar-refractivity contribution in [1.29, 1.82) is 0 Å². The van der Waals surface area contributed by atoms with Crippen LogP contribution < -0.4 is 11.5 Å². The van der Waals surface area contributed by atoms with Crippen LogP contribution in [0.1, 0.15) is 55.1 Å². The Balaban J connectivity index is 1.94. The number of nitrogens with zero attached hydrogens (tertiary/aromatic N) is 2. The van der Waals surface area contributed by atoms with Crippen molar-refractivity contribution in [3.05, 3.63) is 95.6 Å². The van der Waals surface area contributed by atoms with Gasteiger partial charge in [-0.05, 0) is 54.4 Å². The Morgan fingerprint density at radius 1 is 0.864 bits per heavy atom. The molecule has 0 saturated heterocycles. The number of nitrogens with two attached hydrogens (primary N) is 2. The average Bonchev–Trinajstić information content (AvgIpc) is 3.04. The normalized spacial score (nSPS) is 13.3. The molecule has 3 amide bonds. The fourth-order valence-electron chi connectivity index (χ4n) is 5.04. The van der Waals surface area contributed by atoms with Gasteiger partial charge in [-0.1, -0.05) is 92.7 Å². The molecule has 0 aliphatic carbocycles. The zero-order valence-electron chi connectivity index (χ0n) is 25.9. The molecule has 44 heavy (non-hydrogen) atoms. The van der Waals surface area contributed by atoms with E-state index in [-0.39, 0.29) is 25.6 Å². The molecule has 3 rings (SSSR count). The van der Waals surface area contributed by atoms with Gasteiger partial charge in [-0.3, -0.25) is 19.3 Å². The van der Waals surface area contributed by atoms with Crippen molar-refractivity contribution in [3.8, 4) is 11.1 Å². The fraction of sp³-hybridized carbons (Fsp3) is 0.400. The first-order valence-corrected chi connectivity index (χ1v) is 15.2. The van der Waals surface area contributed by atoms with E-state index < -0.39 is 42.5 Å². The predicted molar refractivity (Wildman–Crippen MR) is 172 cm³/mol. The van der Waals surface area contributed by atoms with Crippen molar-refractivity contribution in [2.75, 3.05) is 19.8 Å². The second-order valence-electron chi connectivity index (χ2n) is 11.4. The number of hydrogen-bond acceptors (Lipinski definition) is 7. The van der Waals surface area contributed by atoms with E-state index in [2.05, 4.69) is 0 Å². The van der Waals surface area contributed by atoms with Gasteiger partial charge in [-0.2, -0.15) is 0 Å². The van der Waals surface area contributed by atoms with Gasteiger partial charge in [-0.25, -0.2) is 0 Å². The number of hydrogen-bond donors (Lipinski definition) is 4. The van der Waals surface area contributed by atoms with Gasteiger partial charge in [-0.15, -0.1) is 0 Å². The predicted octanol–water partition coefficient (Wildman–Crippen LogP) is 3.36. The lowest BCUT2D eigenvalue weighted by Gasteiger charge is -2.33. The number of aryl methyl sites for hydroxylation is 1. The van der Waals surface area contributed by atoms with E-state index in [0.29, 0.717) is 29.5 Å². The van der Waals surface area contributed by atoms with E-state index in [1.54, 1.807) is 32.9 Å². The summed E-state index contributed by atoms with van der Waals surface area (Å²) in [6.45, 7) is 4.74. The number of aliphatic hydroxyl groups excluding tert-OH is 2. The molecule has 2 unspecified atom stereocenters. The number of rotatable bonds is 15. The molecule has 3 atom stereocenters. The maximum atomic E-state index is 14.3. The fourth-order valence-corrected chi connectivity index (χ4v) is 5.04. The minimum Gasteiger partial charge on any atom is -0.394 e. The molecule has 0 saturated carbocycles. The third-order valence-electron chi connectivity index (χ3n) is 7.77. The highest BCUT2D eigenvalue weighted by molar-refractivity contribution is 6.04. The first kappa shape index (κ1) is 34.6. The van der Waals surface area contributed by atoms with Crippen molar-refractivity contribution in [1.82, 2.24) is 9.80 Å². The Bertz CT molecular complexity index is 1370. The first-order valence-electron chi connectivity index (χ1n) is 15.2. The first-order chi connectivity index (χ1) is 21.1. The largest absolute Gasteiger partial charge is 0.394 e. The zero-order chi connectivity index (χ0) is 32.2. The van der Waals surface area contributed by atoms with Gasteiger partial charge in [0.05, 0.1) is 30.4 Å². The molecule has 0 aliphatic heterocycles. The van der Waals surface area contributed by atoms with E-state index in [1.807, 2.05) is 66.7 Å². The second kappa shape index (κ2) is 16.8. The molecule has 0 radical (unpaired) electrons. The minimum atomic E-state index is -1.07. The molecule has 0 bridgehead atoms. The van der Waals surface area contributed by atoms with Crippen LogP contribution in [-0.4, -0.2) is 75.7 Å². The van der Waals surface area contributed by atoms with Gasteiger partial charge in [0.25, 0.3) is 5.91 Å². The minimum absolute atomic E-state index is 0.0435. The van der Waals surface area contributed by atoms with Crippen LogP contribution in [-0.2, 0) is 22.4 Å². The molecule has 3 aromatic carbocycles. The van der Waals surface area contributed by atoms with Crippen molar-refractivity contribution < 1.29 is 24.6 Å². The molecule has 236 valence electrons. The van der Waals surface area contributed by atoms with Gasteiger partial charge in [0.15, 0.2) is 0 Å². The van der Waals surface area contributed by atoms with Gasteiger partial charge in [0, 0.05) is 13.0 Å². The molecule has 9 heteroatoms. The highest BCUT2D eigenvalue weighted by atomic mass is 16.3. The molecule has 0 aromatic heterocycles. The van der Waals surface area contributed by atoms with Gasteiger partial charge in [0.1, 0.15) is 6.67 Å². The summed E-state index contributed by atoms with van der Waals surface area (Å²) >= 11 is 0. The summed E-state index contributed by atoms with van der Waals surface area (Å²) in [6.07, 6.45) is 0.711. The van der Waals surface area contributed by atoms with Crippen molar-refractivity contribution in [2.24, 2.45) is 17.4 Å². The second-order valence-corrected chi connectivity index (χ2v) is 11.4. The Morgan fingerprint density at radius 3 is 2.09 bits per heavy atom. The summed E-state index contributed by atoms with van der Waals surface area (Å²) in [5.74, 6) is -1.85. The van der Waals surface area contributed by atoms with Crippen molar-refractivity contribution >= 4 is 17.7 Å². The number of aliphatic hydroxyl groups is 2. The lowest BCUT2D eigenvalue weighted by Crippen LogP contribution is -2.57. The summed E-state index contributed by atoms with van der Waals surface area (Å²) < 4.78 is 0. The number of imide groups is 1. The molecule has 3 aromatic rings. The SMILES string of the molecule is CCN(CN(C(=O)C(N)CCCc1ccccc1)C(=O)C(N)C(C)C)C(=O)c1c(C[C@H](O)CO)cccc1-c1ccccc1. The summed E-state index contributed by atoms with van der Waals surface area (Å²) in [4.78, 5) is 44.1. The molecular weight excluding hydrogens is 556 g/mol. The lowest BCUT2D eigenvalue weighted by molar-refractivity contribution is -0.149. The highest BCUT2D eigenvalue weighted by Gasteiger charge is 2.34. The number of amides is 3. The quantitative estimate of drug-likeness (QED) is 0.195. The molecule has 0 heterocycles. The van der Waals surface area contributed by atoms with Crippen LogP contribution in [0.5, 0.6) is 0 Å². The zero-order valence-corrected chi connectivity index (χ0v) is 25.9. The Labute approximate surface area is 260 Å². The summed E-state index contributed by atoms with van der Waals surface area (Å²) in [6, 6.07) is 22.7. The Hall–Kier alpha value is -3.89. The van der Waals surface area contributed by atoms with Crippen LogP contribution in [0, 0.1) is 5.92 Å². The molecule has 0 spiro atoms. The van der Waals surface area contributed by atoms with Crippen LogP contribution >= 0.6 is 0 Å². The maximum Gasteiger partial charge on any atom is 0.256 e. The summed E-state index contributed by atoms with van der Waals surface area (Å²) in [7, 11) is 0. The third-order valence-corrected chi connectivity index (χ3v) is 7.77. The van der Waals surface area contributed by atoms with E-state index in [9.17, 15) is 24.6 Å². The summed E-state index contributed by atoms with van der Waals surface area (Å²) in [5.41, 5.74) is 16.0. The Kier molecular flexibility index (Phi) is 13.2. The molecule has 0 fully saturated rings.